The van der Waals surface area contributed by atoms with Gasteiger partial charge in [-0.05, 0) is 36.1 Å². The molecule has 1 aromatic carbocycles. The number of hydrogen-bond donors (Lipinski definition) is 2. The Labute approximate surface area is 125 Å². The molecule has 1 heterocycles. The summed E-state index contributed by atoms with van der Waals surface area (Å²) in [4.78, 5) is 1.15. The van der Waals surface area contributed by atoms with Crippen molar-refractivity contribution < 1.29 is 13.2 Å². The smallest absolute Gasteiger partial charge is 0.397 e. The van der Waals surface area contributed by atoms with Gasteiger partial charge in [-0.3, -0.25) is 0 Å². The van der Waals surface area contributed by atoms with Crippen molar-refractivity contribution >= 4 is 22.7 Å². The SMILES string of the molecule is CCCC(Nc1ccc(C(F)(F)F)cc1N)c1cccs1. The Hall–Kier alpha value is -1.69. The van der Waals surface area contributed by atoms with Gasteiger partial charge in [-0.1, -0.05) is 19.4 Å². The maximum absolute atomic E-state index is 12.6. The van der Waals surface area contributed by atoms with Crippen LogP contribution >= 0.6 is 11.3 Å². The lowest BCUT2D eigenvalue weighted by atomic mass is 10.1. The third-order valence-electron chi connectivity index (χ3n) is 3.17. The van der Waals surface area contributed by atoms with Crippen LogP contribution < -0.4 is 11.1 Å². The fraction of sp³-hybridized carbons (Fsp3) is 0.333. The molecule has 0 radical (unpaired) electrons. The number of benzene rings is 1. The number of nitrogen functional groups attached to an aromatic ring is 1. The van der Waals surface area contributed by atoms with Crippen LogP contribution in [0.4, 0.5) is 24.5 Å². The number of alkyl halides is 3. The van der Waals surface area contributed by atoms with E-state index in [4.69, 9.17) is 5.73 Å². The number of anilines is 2. The number of thiophene rings is 1. The molecule has 0 saturated heterocycles. The van der Waals surface area contributed by atoms with Crippen LogP contribution in [0.2, 0.25) is 0 Å². The third-order valence-corrected chi connectivity index (χ3v) is 4.16. The molecule has 0 amide bonds. The average Bonchev–Trinajstić information content (AvgIpc) is 2.93. The molecule has 0 fully saturated rings. The third kappa shape index (κ3) is 3.91. The van der Waals surface area contributed by atoms with Gasteiger partial charge >= 0.3 is 6.18 Å². The first-order valence-electron chi connectivity index (χ1n) is 6.68. The highest BCUT2D eigenvalue weighted by Crippen LogP contribution is 2.35. The van der Waals surface area contributed by atoms with Crippen molar-refractivity contribution in [3.63, 3.8) is 0 Å². The molecule has 1 aromatic heterocycles. The molecule has 3 N–H and O–H groups in total. The maximum atomic E-state index is 12.6. The predicted molar refractivity (Wildman–Crippen MR) is 81.4 cm³/mol. The van der Waals surface area contributed by atoms with Gasteiger partial charge in [0.25, 0.3) is 0 Å². The van der Waals surface area contributed by atoms with E-state index in [2.05, 4.69) is 12.2 Å². The van der Waals surface area contributed by atoms with E-state index in [1.807, 2.05) is 17.5 Å². The van der Waals surface area contributed by atoms with Gasteiger partial charge in [-0.2, -0.15) is 13.2 Å². The quantitative estimate of drug-likeness (QED) is 0.735. The van der Waals surface area contributed by atoms with Crippen molar-refractivity contribution in [2.24, 2.45) is 0 Å². The van der Waals surface area contributed by atoms with E-state index in [1.54, 1.807) is 11.3 Å². The van der Waals surface area contributed by atoms with Crippen LogP contribution in [-0.2, 0) is 6.18 Å². The van der Waals surface area contributed by atoms with Crippen molar-refractivity contribution in [1.82, 2.24) is 0 Å². The van der Waals surface area contributed by atoms with E-state index in [0.717, 1.165) is 29.9 Å². The zero-order chi connectivity index (χ0) is 15.5. The van der Waals surface area contributed by atoms with Crippen LogP contribution in [0.5, 0.6) is 0 Å². The van der Waals surface area contributed by atoms with Gasteiger partial charge in [0.15, 0.2) is 0 Å². The number of hydrogen-bond acceptors (Lipinski definition) is 3. The molecule has 114 valence electrons. The summed E-state index contributed by atoms with van der Waals surface area (Å²) in [5, 5.41) is 5.23. The topological polar surface area (TPSA) is 38.0 Å². The van der Waals surface area contributed by atoms with Crippen molar-refractivity contribution in [1.29, 1.82) is 0 Å². The lowest BCUT2D eigenvalue weighted by molar-refractivity contribution is -0.137. The number of nitrogens with two attached hydrogens (primary N) is 1. The Morgan fingerprint density at radius 1 is 1.29 bits per heavy atom. The van der Waals surface area contributed by atoms with Crippen molar-refractivity contribution in [3.05, 3.63) is 46.2 Å². The standard InChI is InChI=1S/C15H17F3N2S/c1-2-4-13(14-5-3-8-21-14)20-12-7-6-10(9-11(12)19)15(16,17)18/h3,5-9,13,20H,2,4,19H2,1H3. The van der Waals surface area contributed by atoms with E-state index in [0.29, 0.717) is 5.69 Å². The molecule has 2 rings (SSSR count). The molecule has 0 aliphatic carbocycles. The summed E-state index contributed by atoms with van der Waals surface area (Å²) >= 11 is 1.62. The minimum Gasteiger partial charge on any atom is -0.397 e. The first-order valence-corrected chi connectivity index (χ1v) is 7.56. The van der Waals surface area contributed by atoms with Gasteiger partial charge in [0.1, 0.15) is 0 Å². The summed E-state index contributed by atoms with van der Waals surface area (Å²) in [6, 6.07) is 7.46. The highest BCUT2D eigenvalue weighted by molar-refractivity contribution is 7.10. The predicted octanol–water partition coefficient (Wildman–Crippen LogP) is 5.30. The van der Waals surface area contributed by atoms with E-state index in [1.165, 1.54) is 6.07 Å². The van der Waals surface area contributed by atoms with Crippen LogP contribution in [0.3, 0.4) is 0 Å². The Morgan fingerprint density at radius 2 is 2.05 bits per heavy atom. The van der Waals surface area contributed by atoms with E-state index in [-0.39, 0.29) is 11.7 Å². The van der Waals surface area contributed by atoms with Crippen molar-refractivity contribution in [2.75, 3.05) is 11.1 Å². The summed E-state index contributed by atoms with van der Waals surface area (Å²) in [6.45, 7) is 2.07. The van der Waals surface area contributed by atoms with Gasteiger partial charge in [0, 0.05) is 4.88 Å². The summed E-state index contributed by atoms with van der Waals surface area (Å²) in [5.41, 5.74) is 5.68. The van der Waals surface area contributed by atoms with Gasteiger partial charge in [-0.15, -0.1) is 11.3 Å². The number of halogens is 3. The Kier molecular flexibility index (Phi) is 4.77. The lowest BCUT2D eigenvalue weighted by Gasteiger charge is -2.20. The van der Waals surface area contributed by atoms with E-state index >= 15 is 0 Å². The van der Waals surface area contributed by atoms with Crippen LogP contribution in [0, 0.1) is 0 Å². The molecular weight excluding hydrogens is 297 g/mol. The normalized spacial score (nSPS) is 13.1. The molecule has 6 heteroatoms. The second-order valence-electron chi connectivity index (χ2n) is 4.80. The Morgan fingerprint density at radius 3 is 2.57 bits per heavy atom. The zero-order valence-electron chi connectivity index (χ0n) is 11.6. The highest BCUT2D eigenvalue weighted by atomic mass is 32.1. The largest absolute Gasteiger partial charge is 0.416 e. The minimum atomic E-state index is -4.37. The first-order chi connectivity index (χ1) is 9.91. The molecular formula is C15H17F3N2S. The Bertz CT molecular complexity index is 579. The molecule has 0 bridgehead atoms. The zero-order valence-corrected chi connectivity index (χ0v) is 12.4. The molecule has 1 unspecified atom stereocenters. The maximum Gasteiger partial charge on any atom is 0.416 e. The van der Waals surface area contributed by atoms with Gasteiger partial charge in [-0.25, -0.2) is 0 Å². The summed E-state index contributed by atoms with van der Waals surface area (Å²) < 4.78 is 37.9. The van der Waals surface area contributed by atoms with Crippen LogP contribution in [0.1, 0.15) is 36.2 Å². The fourth-order valence-electron chi connectivity index (χ4n) is 2.12. The van der Waals surface area contributed by atoms with Crippen LogP contribution in [-0.4, -0.2) is 0 Å². The second-order valence-corrected chi connectivity index (χ2v) is 5.78. The molecule has 0 saturated carbocycles. The second kappa shape index (κ2) is 6.39. The molecule has 1 atom stereocenters. The van der Waals surface area contributed by atoms with Crippen LogP contribution in [0.15, 0.2) is 35.7 Å². The molecule has 2 aromatic rings. The molecule has 0 aliphatic rings. The van der Waals surface area contributed by atoms with E-state index in [9.17, 15) is 13.2 Å². The minimum absolute atomic E-state index is 0.0639. The monoisotopic (exact) mass is 314 g/mol. The lowest BCUT2D eigenvalue weighted by Crippen LogP contribution is -2.12. The molecule has 21 heavy (non-hydrogen) atoms. The van der Waals surface area contributed by atoms with Gasteiger partial charge in [0.05, 0.1) is 23.0 Å². The Balaban J connectivity index is 2.21. The molecule has 0 spiro atoms. The van der Waals surface area contributed by atoms with Crippen molar-refractivity contribution in [2.45, 2.75) is 32.0 Å². The fourth-order valence-corrected chi connectivity index (χ4v) is 2.93. The highest BCUT2D eigenvalue weighted by Gasteiger charge is 2.30. The number of nitrogens with one attached hydrogen (secondary N) is 1. The average molecular weight is 314 g/mol. The van der Waals surface area contributed by atoms with Crippen LogP contribution in [0.25, 0.3) is 0 Å². The van der Waals surface area contributed by atoms with Gasteiger partial charge in [0.2, 0.25) is 0 Å². The number of rotatable bonds is 5. The first kappa shape index (κ1) is 15.7. The van der Waals surface area contributed by atoms with E-state index < -0.39 is 11.7 Å². The summed E-state index contributed by atoms with van der Waals surface area (Å²) in [5.74, 6) is 0. The van der Waals surface area contributed by atoms with Gasteiger partial charge < -0.3 is 11.1 Å². The van der Waals surface area contributed by atoms with Crippen molar-refractivity contribution in [3.8, 4) is 0 Å². The summed E-state index contributed by atoms with van der Waals surface area (Å²) in [6.07, 6.45) is -2.51. The summed E-state index contributed by atoms with van der Waals surface area (Å²) in [7, 11) is 0. The molecule has 2 nitrogen and oxygen atoms in total. The molecule has 0 aliphatic heterocycles.